The van der Waals surface area contributed by atoms with E-state index in [-0.39, 0.29) is 12.3 Å². The minimum atomic E-state index is -1.02. The van der Waals surface area contributed by atoms with Crippen molar-refractivity contribution in [2.75, 3.05) is 13.2 Å². The smallest absolute Gasteiger partial charge is 0.352 e. The zero-order chi connectivity index (χ0) is 15.4. The second-order valence-electron chi connectivity index (χ2n) is 5.23. The van der Waals surface area contributed by atoms with Gasteiger partial charge >= 0.3 is 5.97 Å². The second kappa shape index (κ2) is 6.60. The Bertz CT molecular complexity index is 621. The summed E-state index contributed by atoms with van der Waals surface area (Å²) < 4.78 is 5.60. The van der Waals surface area contributed by atoms with E-state index in [1.807, 2.05) is 13.8 Å². The van der Waals surface area contributed by atoms with Crippen molar-refractivity contribution in [1.82, 2.24) is 10.3 Å². The lowest BCUT2D eigenvalue weighted by Crippen LogP contribution is -2.35. The number of hydrogen-bond donors (Lipinski definition) is 4. The molecule has 0 amide bonds. The van der Waals surface area contributed by atoms with Gasteiger partial charge in [0, 0.05) is 23.5 Å². The van der Waals surface area contributed by atoms with Crippen molar-refractivity contribution in [3.63, 3.8) is 0 Å². The zero-order valence-corrected chi connectivity index (χ0v) is 12.1. The normalized spacial score (nSPS) is 12.8. The highest BCUT2D eigenvalue weighted by Crippen LogP contribution is 2.26. The fourth-order valence-corrected chi connectivity index (χ4v) is 1.99. The molecular formula is C15H20N2O4. The molecule has 0 aliphatic heterocycles. The van der Waals surface area contributed by atoms with Gasteiger partial charge in [-0.1, -0.05) is 19.9 Å². The van der Waals surface area contributed by atoms with Gasteiger partial charge in [-0.15, -0.1) is 0 Å². The summed E-state index contributed by atoms with van der Waals surface area (Å²) >= 11 is 0. The fraction of sp³-hybridized carbons (Fsp3) is 0.400. The molecule has 114 valence electrons. The number of nitrogens with one attached hydrogen (secondary N) is 2. The lowest BCUT2D eigenvalue weighted by atomic mass is 10.2. The van der Waals surface area contributed by atoms with E-state index < -0.39 is 12.1 Å². The Kier molecular flexibility index (Phi) is 4.82. The SMILES string of the molecule is CC(C)NCC(O)COc1cccc2[nH]c(C(=O)O)cc12. The number of hydrogen-bond acceptors (Lipinski definition) is 4. The van der Waals surface area contributed by atoms with Gasteiger partial charge in [0.15, 0.2) is 0 Å². The molecular weight excluding hydrogens is 272 g/mol. The maximum absolute atomic E-state index is 11.0. The van der Waals surface area contributed by atoms with Gasteiger partial charge in [-0.2, -0.15) is 0 Å². The molecule has 6 heteroatoms. The topological polar surface area (TPSA) is 94.6 Å². The molecule has 0 bridgehead atoms. The number of aromatic nitrogens is 1. The maximum atomic E-state index is 11.0. The number of fused-ring (bicyclic) bond motifs is 1. The number of carboxylic acid groups (broad SMARTS) is 1. The summed E-state index contributed by atoms with van der Waals surface area (Å²) in [6, 6.07) is 7.14. The van der Waals surface area contributed by atoms with Gasteiger partial charge in [-0.3, -0.25) is 0 Å². The predicted molar refractivity (Wildman–Crippen MR) is 79.9 cm³/mol. The molecule has 21 heavy (non-hydrogen) atoms. The van der Waals surface area contributed by atoms with Crippen LogP contribution in [0.4, 0.5) is 0 Å². The molecule has 0 fully saturated rings. The largest absolute Gasteiger partial charge is 0.490 e. The number of aliphatic hydroxyl groups excluding tert-OH is 1. The van der Waals surface area contributed by atoms with Crippen molar-refractivity contribution < 1.29 is 19.7 Å². The Morgan fingerprint density at radius 2 is 2.19 bits per heavy atom. The lowest BCUT2D eigenvalue weighted by Gasteiger charge is -2.15. The summed E-state index contributed by atoms with van der Waals surface area (Å²) in [4.78, 5) is 13.8. The first-order chi connectivity index (χ1) is 9.97. The first-order valence-electron chi connectivity index (χ1n) is 6.86. The Morgan fingerprint density at radius 3 is 2.86 bits per heavy atom. The number of H-pyrrole nitrogens is 1. The zero-order valence-electron chi connectivity index (χ0n) is 12.1. The van der Waals surface area contributed by atoms with E-state index >= 15 is 0 Å². The Morgan fingerprint density at radius 1 is 1.43 bits per heavy atom. The van der Waals surface area contributed by atoms with E-state index in [2.05, 4.69) is 10.3 Å². The van der Waals surface area contributed by atoms with Crippen LogP contribution in [0.3, 0.4) is 0 Å². The number of aromatic amines is 1. The number of ether oxygens (including phenoxy) is 1. The first kappa shape index (κ1) is 15.3. The molecule has 0 saturated heterocycles. The molecule has 0 saturated carbocycles. The lowest BCUT2D eigenvalue weighted by molar-refractivity contribution is 0.0691. The second-order valence-corrected chi connectivity index (χ2v) is 5.23. The molecule has 1 unspecified atom stereocenters. The van der Waals surface area contributed by atoms with E-state index in [1.54, 1.807) is 18.2 Å². The molecule has 4 N–H and O–H groups in total. The van der Waals surface area contributed by atoms with Crippen LogP contribution in [0.15, 0.2) is 24.3 Å². The molecule has 1 aromatic heterocycles. The number of aromatic carboxylic acids is 1. The summed E-state index contributed by atoms with van der Waals surface area (Å²) in [6.07, 6.45) is -0.624. The van der Waals surface area contributed by atoms with Crippen molar-refractivity contribution in [3.8, 4) is 5.75 Å². The van der Waals surface area contributed by atoms with Crippen LogP contribution < -0.4 is 10.1 Å². The standard InChI is InChI=1S/C15H20N2O4/c1-9(2)16-7-10(18)8-21-14-5-3-4-12-11(14)6-13(17-12)15(19)20/h3-6,9-10,16-18H,7-8H2,1-2H3,(H,19,20). The number of benzene rings is 1. The van der Waals surface area contributed by atoms with Gasteiger partial charge in [0.05, 0.1) is 0 Å². The summed E-state index contributed by atoms with van der Waals surface area (Å²) in [6.45, 7) is 4.59. The molecule has 2 aromatic rings. The van der Waals surface area contributed by atoms with Crippen LogP contribution in [-0.4, -0.2) is 46.5 Å². The summed E-state index contributed by atoms with van der Waals surface area (Å²) in [5, 5.41) is 22.6. The van der Waals surface area contributed by atoms with Crippen LogP contribution in [0.25, 0.3) is 10.9 Å². The quantitative estimate of drug-likeness (QED) is 0.622. The van der Waals surface area contributed by atoms with Crippen LogP contribution >= 0.6 is 0 Å². The van der Waals surface area contributed by atoms with Gasteiger partial charge in [-0.05, 0) is 18.2 Å². The molecule has 1 heterocycles. The fourth-order valence-electron chi connectivity index (χ4n) is 1.99. The van der Waals surface area contributed by atoms with Gasteiger partial charge in [0.25, 0.3) is 0 Å². The van der Waals surface area contributed by atoms with E-state index in [1.165, 1.54) is 6.07 Å². The van der Waals surface area contributed by atoms with Crippen molar-refractivity contribution in [2.45, 2.75) is 26.0 Å². The highest BCUT2D eigenvalue weighted by atomic mass is 16.5. The highest BCUT2D eigenvalue weighted by Gasteiger charge is 2.12. The Hall–Kier alpha value is -2.05. The average Bonchev–Trinajstić information content (AvgIpc) is 2.87. The Labute approximate surface area is 122 Å². The molecule has 1 atom stereocenters. The third-order valence-electron chi connectivity index (χ3n) is 3.05. The maximum Gasteiger partial charge on any atom is 0.352 e. The highest BCUT2D eigenvalue weighted by molar-refractivity contribution is 5.96. The number of carbonyl (C=O) groups is 1. The molecule has 2 rings (SSSR count). The number of aliphatic hydroxyl groups is 1. The molecule has 6 nitrogen and oxygen atoms in total. The number of rotatable bonds is 7. The average molecular weight is 292 g/mol. The first-order valence-corrected chi connectivity index (χ1v) is 6.86. The summed E-state index contributed by atoms with van der Waals surface area (Å²) in [7, 11) is 0. The van der Waals surface area contributed by atoms with Gasteiger partial charge in [0.1, 0.15) is 24.2 Å². The van der Waals surface area contributed by atoms with Crippen LogP contribution in [0, 0.1) is 0 Å². The monoisotopic (exact) mass is 292 g/mol. The minimum absolute atomic E-state index is 0.114. The van der Waals surface area contributed by atoms with E-state index in [4.69, 9.17) is 9.84 Å². The predicted octanol–water partition coefficient (Wildman–Crippen LogP) is 1.60. The van der Waals surface area contributed by atoms with E-state index in [0.717, 1.165) is 0 Å². The molecule has 0 radical (unpaired) electrons. The third kappa shape index (κ3) is 3.96. The molecule has 0 spiro atoms. The van der Waals surface area contributed by atoms with Crippen molar-refractivity contribution >= 4 is 16.9 Å². The van der Waals surface area contributed by atoms with E-state index in [9.17, 15) is 9.90 Å². The molecule has 1 aromatic carbocycles. The van der Waals surface area contributed by atoms with E-state index in [0.29, 0.717) is 29.2 Å². The van der Waals surface area contributed by atoms with Gasteiger partial charge < -0.3 is 25.3 Å². The van der Waals surface area contributed by atoms with Crippen LogP contribution in [0.5, 0.6) is 5.75 Å². The van der Waals surface area contributed by atoms with Crippen LogP contribution in [0.1, 0.15) is 24.3 Å². The summed E-state index contributed by atoms with van der Waals surface area (Å²) in [5.41, 5.74) is 0.808. The minimum Gasteiger partial charge on any atom is -0.490 e. The molecule has 0 aliphatic carbocycles. The van der Waals surface area contributed by atoms with Crippen molar-refractivity contribution in [2.24, 2.45) is 0 Å². The van der Waals surface area contributed by atoms with Gasteiger partial charge in [0.2, 0.25) is 0 Å². The Balaban J connectivity index is 2.06. The van der Waals surface area contributed by atoms with Crippen molar-refractivity contribution in [3.05, 3.63) is 30.0 Å². The number of carboxylic acids is 1. The van der Waals surface area contributed by atoms with Crippen molar-refractivity contribution in [1.29, 1.82) is 0 Å². The van der Waals surface area contributed by atoms with Gasteiger partial charge in [-0.25, -0.2) is 4.79 Å². The van der Waals surface area contributed by atoms with Crippen LogP contribution in [0.2, 0.25) is 0 Å². The third-order valence-corrected chi connectivity index (χ3v) is 3.05. The molecule has 0 aliphatic rings. The summed E-state index contributed by atoms with van der Waals surface area (Å²) in [5.74, 6) is -0.460. The van der Waals surface area contributed by atoms with Crippen LogP contribution in [-0.2, 0) is 0 Å².